The van der Waals surface area contributed by atoms with Crippen LogP contribution in [-0.2, 0) is 19.1 Å². The van der Waals surface area contributed by atoms with E-state index in [9.17, 15) is 14.4 Å². The monoisotopic (exact) mass is 277 g/mol. The summed E-state index contributed by atoms with van der Waals surface area (Å²) in [5.74, 6) is -2.73. The molecule has 20 heavy (non-hydrogen) atoms. The predicted molar refractivity (Wildman–Crippen MR) is 72.1 cm³/mol. The molecule has 1 atom stereocenters. The Labute approximate surface area is 116 Å². The van der Waals surface area contributed by atoms with E-state index in [1.165, 1.54) is 21.1 Å². The molecule has 0 saturated carbocycles. The lowest BCUT2D eigenvalue weighted by atomic mass is 10.1. The average Bonchev–Trinajstić information content (AvgIpc) is 2.46. The van der Waals surface area contributed by atoms with Gasteiger partial charge in [0.1, 0.15) is 5.78 Å². The number of Topliss-reactive ketones (excluding diaryl/α,β-unsaturated/α-hetero) is 1. The Kier molecular flexibility index (Phi) is 5.58. The molecule has 6 nitrogen and oxygen atoms in total. The van der Waals surface area contributed by atoms with Crippen molar-refractivity contribution in [2.75, 3.05) is 14.2 Å². The Balaban J connectivity index is 3.08. The number of ether oxygens (including phenoxy) is 2. The van der Waals surface area contributed by atoms with Gasteiger partial charge in [-0.3, -0.25) is 14.6 Å². The number of ketones is 1. The summed E-state index contributed by atoms with van der Waals surface area (Å²) in [6, 6.07) is 6.46. The molecule has 0 saturated heterocycles. The molecule has 0 aliphatic rings. The number of esters is 2. The molecule has 0 spiro atoms. The molecule has 0 heterocycles. The van der Waals surface area contributed by atoms with Crippen LogP contribution >= 0.6 is 0 Å². The van der Waals surface area contributed by atoms with Crippen LogP contribution in [0.3, 0.4) is 0 Å². The van der Waals surface area contributed by atoms with Crippen molar-refractivity contribution in [2.24, 2.45) is 10.9 Å². The van der Waals surface area contributed by atoms with Gasteiger partial charge >= 0.3 is 11.9 Å². The van der Waals surface area contributed by atoms with E-state index in [-0.39, 0.29) is 5.56 Å². The molecule has 1 rings (SSSR count). The van der Waals surface area contributed by atoms with E-state index in [0.29, 0.717) is 5.69 Å². The van der Waals surface area contributed by atoms with Gasteiger partial charge in [-0.1, -0.05) is 12.1 Å². The molecule has 0 aliphatic heterocycles. The van der Waals surface area contributed by atoms with Crippen molar-refractivity contribution >= 4 is 29.6 Å². The van der Waals surface area contributed by atoms with Crippen LogP contribution in [-0.4, -0.2) is 38.2 Å². The van der Waals surface area contributed by atoms with E-state index >= 15 is 0 Å². The zero-order valence-electron chi connectivity index (χ0n) is 11.5. The van der Waals surface area contributed by atoms with E-state index in [2.05, 4.69) is 14.5 Å². The van der Waals surface area contributed by atoms with Gasteiger partial charge in [0.25, 0.3) is 0 Å². The number of carbonyl (C=O) groups is 3. The fourth-order valence-corrected chi connectivity index (χ4v) is 1.48. The van der Waals surface area contributed by atoms with Crippen molar-refractivity contribution < 1.29 is 23.9 Å². The van der Waals surface area contributed by atoms with E-state index in [0.717, 1.165) is 6.21 Å². The highest BCUT2D eigenvalue weighted by Gasteiger charge is 2.22. The first-order valence-corrected chi connectivity index (χ1v) is 5.81. The summed E-state index contributed by atoms with van der Waals surface area (Å²) < 4.78 is 9.15. The Bertz CT molecular complexity index is 550. The summed E-state index contributed by atoms with van der Waals surface area (Å²) in [6.07, 6.45) is 1.16. The minimum atomic E-state index is -1.09. The standard InChI is InChI=1S/C14H15NO5/c1-9(16)11(14(18)20-3)8-15-12-7-5-4-6-10(12)13(17)19-2/h4-8,11H,1-3H3. The highest BCUT2D eigenvalue weighted by Crippen LogP contribution is 2.19. The van der Waals surface area contributed by atoms with Crippen molar-refractivity contribution in [2.45, 2.75) is 6.92 Å². The third-order valence-corrected chi connectivity index (χ3v) is 2.57. The second-order valence-electron chi connectivity index (χ2n) is 3.90. The molecule has 1 unspecified atom stereocenters. The van der Waals surface area contributed by atoms with E-state index < -0.39 is 23.6 Å². The fourth-order valence-electron chi connectivity index (χ4n) is 1.48. The first-order chi connectivity index (χ1) is 9.51. The molecule has 0 fully saturated rings. The van der Waals surface area contributed by atoms with Crippen LogP contribution in [0.1, 0.15) is 17.3 Å². The number of hydrogen-bond acceptors (Lipinski definition) is 6. The molecular weight excluding hydrogens is 262 g/mol. The predicted octanol–water partition coefficient (Wildman–Crippen LogP) is 1.55. The number of methoxy groups -OCH3 is 2. The smallest absolute Gasteiger partial charge is 0.340 e. The molecule has 0 amide bonds. The minimum Gasteiger partial charge on any atom is -0.468 e. The number of rotatable bonds is 5. The topological polar surface area (TPSA) is 82.0 Å². The number of aliphatic imine (C=N–C) groups is 1. The van der Waals surface area contributed by atoms with Gasteiger partial charge in [-0.15, -0.1) is 0 Å². The Morgan fingerprint density at radius 3 is 2.35 bits per heavy atom. The average molecular weight is 277 g/mol. The third kappa shape index (κ3) is 3.74. The molecule has 0 aromatic heterocycles. The molecular formula is C14H15NO5. The zero-order chi connectivity index (χ0) is 15.1. The van der Waals surface area contributed by atoms with Gasteiger partial charge in [-0.25, -0.2) is 4.79 Å². The van der Waals surface area contributed by atoms with Crippen LogP contribution in [0.25, 0.3) is 0 Å². The van der Waals surface area contributed by atoms with Gasteiger partial charge in [0, 0.05) is 6.21 Å². The number of carbonyl (C=O) groups excluding carboxylic acids is 3. The summed E-state index contributed by atoms with van der Waals surface area (Å²) in [7, 11) is 2.45. The second kappa shape index (κ2) is 7.18. The van der Waals surface area contributed by atoms with Gasteiger partial charge in [-0.05, 0) is 19.1 Å². The van der Waals surface area contributed by atoms with Crippen molar-refractivity contribution in [3.05, 3.63) is 29.8 Å². The lowest BCUT2D eigenvalue weighted by molar-refractivity contribution is -0.145. The zero-order valence-corrected chi connectivity index (χ0v) is 11.5. The number of nitrogens with zero attached hydrogens (tertiary/aromatic N) is 1. The molecule has 0 N–H and O–H groups in total. The van der Waals surface area contributed by atoms with E-state index in [4.69, 9.17) is 0 Å². The molecule has 0 radical (unpaired) electrons. The largest absolute Gasteiger partial charge is 0.468 e. The minimum absolute atomic E-state index is 0.249. The maximum absolute atomic E-state index is 11.5. The first kappa shape index (κ1) is 15.6. The van der Waals surface area contributed by atoms with Crippen LogP contribution in [0.2, 0.25) is 0 Å². The van der Waals surface area contributed by atoms with Crippen LogP contribution in [0.15, 0.2) is 29.3 Å². The van der Waals surface area contributed by atoms with Gasteiger partial charge in [0.2, 0.25) is 0 Å². The second-order valence-corrected chi connectivity index (χ2v) is 3.90. The maximum Gasteiger partial charge on any atom is 0.340 e. The Morgan fingerprint density at radius 1 is 1.15 bits per heavy atom. The first-order valence-electron chi connectivity index (χ1n) is 5.81. The van der Waals surface area contributed by atoms with E-state index in [1.54, 1.807) is 24.3 Å². The van der Waals surface area contributed by atoms with Crippen molar-refractivity contribution in [1.82, 2.24) is 0 Å². The van der Waals surface area contributed by atoms with Crippen LogP contribution in [0.4, 0.5) is 5.69 Å². The third-order valence-electron chi connectivity index (χ3n) is 2.57. The normalized spacial score (nSPS) is 11.9. The number of benzene rings is 1. The van der Waals surface area contributed by atoms with Gasteiger partial charge < -0.3 is 9.47 Å². The van der Waals surface area contributed by atoms with Crippen LogP contribution in [0, 0.1) is 5.92 Å². The summed E-state index contributed by atoms with van der Waals surface area (Å²) in [5, 5.41) is 0. The Hall–Kier alpha value is -2.50. The highest BCUT2D eigenvalue weighted by atomic mass is 16.5. The molecule has 1 aromatic carbocycles. The van der Waals surface area contributed by atoms with Crippen LogP contribution in [0.5, 0.6) is 0 Å². The lowest BCUT2D eigenvalue weighted by Gasteiger charge is -2.06. The number of para-hydroxylation sites is 1. The quantitative estimate of drug-likeness (QED) is 0.463. The SMILES string of the molecule is COC(=O)c1ccccc1N=CC(C(C)=O)C(=O)OC. The summed E-state index contributed by atoms with van der Waals surface area (Å²) in [4.78, 5) is 38.3. The molecule has 106 valence electrons. The molecule has 1 aromatic rings. The fraction of sp³-hybridized carbons (Fsp3) is 0.286. The maximum atomic E-state index is 11.5. The summed E-state index contributed by atoms with van der Waals surface area (Å²) >= 11 is 0. The van der Waals surface area contributed by atoms with Crippen molar-refractivity contribution in [1.29, 1.82) is 0 Å². The van der Waals surface area contributed by atoms with Gasteiger partial charge in [0.05, 0.1) is 25.5 Å². The molecule has 0 aliphatic carbocycles. The van der Waals surface area contributed by atoms with Crippen LogP contribution < -0.4 is 0 Å². The summed E-state index contributed by atoms with van der Waals surface area (Å²) in [5.41, 5.74) is 0.563. The molecule has 0 bridgehead atoms. The van der Waals surface area contributed by atoms with Gasteiger partial charge in [0.15, 0.2) is 5.92 Å². The van der Waals surface area contributed by atoms with Crippen molar-refractivity contribution in [3.8, 4) is 0 Å². The molecule has 6 heteroatoms. The lowest BCUT2D eigenvalue weighted by Crippen LogP contribution is -2.24. The van der Waals surface area contributed by atoms with Crippen molar-refractivity contribution in [3.63, 3.8) is 0 Å². The van der Waals surface area contributed by atoms with E-state index in [1.807, 2.05) is 0 Å². The highest BCUT2D eigenvalue weighted by molar-refractivity contribution is 6.11. The summed E-state index contributed by atoms with van der Waals surface area (Å²) in [6.45, 7) is 1.26. The Morgan fingerprint density at radius 2 is 1.80 bits per heavy atom. The van der Waals surface area contributed by atoms with Gasteiger partial charge in [-0.2, -0.15) is 0 Å². The number of hydrogen-bond donors (Lipinski definition) is 0.